The molecule has 0 atom stereocenters. The van der Waals surface area contributed by atoms with Crippen LogP contribution in [0.3, 0.4) is 0 Å². The van der Waals surface area contributed by atoms with Crippen LogP contribution in [0.4, 0.5) is 4.39 Å². The zero-order valence-electron chi connectivity index (χ0n) is 6.15. The Bertz CT molecular complexity index is 263. The topological polar surface area (TPSA) is 20.2 Å². The van der Waals surface area contributed by atoms with E-state index in [4.69, 9.17) is 5.11 Å². The van der Waals surface area contributed by atoms with Crippen molar-refractivity contribution in [3.63, 3.8) is 0 Å². The van der Waals surface area contributed by atoms with Gasteiger partial charge in [-0.05, 0) is 17.7 Å². The minimum Gasteiger partial charge on any atom is -0.392 e. The molecule has 0 fully saturated rings. The van der Waals surface area contributed by atoms with Crippen LogP contribution in [-0.4, -0.2) is 5.11 Å². The molecule has 0 aliphatic rings. The molecular formula is C8H7Br2FO. The zero-order chi connectivity index (χ0) is 9.14. The average molecular weight is 298 g/mol. The highest BCUT2D eigenvalue weighted by molar-refractivity contribution is 9.10. The highest BCUT2D eigenvalue weighted by Crippen LogP contribution is 2.23. The van der Waals surface area contributed by atoms with Gasteiger partial charge in [-0.3, -0.25) is 0 Å². The Morgan fingerprint density at radius 2 is 2.00 bits per heavy atom. The van der Waals surface area contributed by atoms with Gasteiger partial charge in [0.15, 0.2) is 0 Å². The van der Waals surface area contributed by atoms with Gasteiger partial charge in [0.1, 0.15) is 5.82 Å². The first-order valence-electron chi connectivity index (χ1n) is 3.32. The molecule has 1 aromatic carbocycles. The minimum atomic E-state index is -0.380. The van der Waals surface area contributed by atoms with Crippen LogP contribution in [0.2, 0.25) is 0 Å². The molecule has 12 heavy (non-hydrogen) atoms. The lowest BCUT2D eigenvalue weighted by atomic mass is 10.1. The molecule has 0 spiro atoms. The van der Waals surface area contributed by atoms with Crippen LogP contribution in [0, 0.1) is 5.82 Å². The van der Waals surface area contributed by atoms with Crippen LogP contribution in [0.25, 0.3) is 0 Å². The standard InChI is InChI=1S/C8H7Br2FO/c9-3-5-1-6(4-12)8(11)2-7(5)10/h1-2,12H,3-4H2. The summed E-state index contributed by atoms with van der Waals surface area (Å²) in [5, 5.41) is 9.40. The molecule has 0 saturated carbocycles. The summed E-state index contributed by atoms with van der Waals surface area (Å²) >= 11 is 6.48. The van der Waals surface area contributed by atoms with Crippen molar-refractivity contribution in [3.05, 3.63) is 33.5 Å². The molecule has 1 nitrogen and oxygen atoms in total. The lowest BCUT2D eigenvalue weighted by Gasteiger charge is -2.04. The fourth-order valence-electron chi connectivity index (χ4n) is 0.868. The van der Waals surface area contributed by atoms with E-state index in [1.165, 1.54) is 6.07 Å². The van der Waals surface area contributed by atoms with Crippen molar-refractivity contribution in [1.29, 1.82) is 0 Å². The number of alkyl halides is 1. The van der Waals surface area contributed by atoms with Gasteiger partial charge in [0.25, 0.3) is 0 Å². The third-order valence-electron chi connectivity index (χ3n) is 1.53. The molecule has 1 aromatic rings. The van der Waals surface area contributed by atoms with Gasteiger partial charge in [0, 0.05) is 15.4 Å². The molecule has 1 rings (SSSR count). The number of benzene rings is 1. The SMILES string of the molecule is OCc1cc(CBr)c(Br)cc1F. The predicted octanol–water partition coefficient (Wildman–Crippen LogP) is 2.98. The van der Waals surface area contributed by atoms with E-state index in [-0.39, 0.29) is 12.4 Å². The summed E-state index contributed by atoms with van der Waals surface area (Å²) in [6.07, 6.45) is 0. The Morgan fingerprint density at radius 1 is 1.33 bits per heavy atom. The van der Waals surface area contributed by atoms with Crippen molar-refractivity contribution >= 4 is 31.9 Å². The maximum Gasteiger partial charge on any atom is 0.129 e. The monoisotopic (exact) mass is 296 g/mol. The van der Waals surface area contributed by atoms with Gasteiger partial charge in [0.05, 0.1) is 6.61 Å². The van der Waals surface area contributed by atoms with Crippen molar-refractivity contribution in [2.45, 2.75) is 11.9 Å². The highest BCUT2D eigenvalue weighted by Gasteiger charge is 2.05. The number of rotatable bonds is 2. The van der Waals surface area contributed by atoms with E-state index in [1.807, 2.05) is 0 Å². The van der Waals surface area contributed by atoms with Crippen LogP contribution in [-0.2, 0) is 11.9 Å². The third kappa shape index (κ3) is 2.06. The minimum absolute atomic E-state index is 0.265. The molecular weight excluding hydrogens is 291 g/mol. The van der Waals surface area contributed by atoms with Gasteiger partial charge >= 0.3 is 0 Å². The molecule has 0 aliphatic heterocycles. The Morgan fingerprint density at radius 3 is 2.50 bits per heavy atom. The van der Waals surface area contributed by atoms with Crippen LogP contribution in [0.1, 0.15) is 11.1 Å². The third-order valence-corrected chi connectivity index (χ3v) is 2.87. The Balaban J connectivity index is 3.18. The number of aliphatic hydroxyl groups excluding tert-OH is 1. The zero-order valence-corrected chi connectivity index (χ0v) is 9.32. The first-order valence-corrected chi connectivity index (χ1v) is 5.24. The smallest absolute Gasteiger partial charge is 0.129 e. The molecule has 0 aromatic heterocycles. The molecule has 1 N–H and O–H groups in total. The van der Waals surface area contributed by atoms with Crippen molar-refractivity contribution in [3.8, 4) is 0 Å². The fraction of sp³-hybridized carbons (Fsp3) is 0.250. The molecule has 4 heteroatoms. The normalized spacial score (nSPS) is 10.3. The van der Waals surface area contributed by atoms with Gasteiger partial charge in [-0.25, -0.2) is 4.39 Å². The summed E-state index contributed by atoms with van der Waals surface area (Å²) in [6, 6.07) is 3.00. The second-order valence-electron chi connectivity index (χ2n) is 2.33. The molecule has 0 saturated heterocycles. The van der Waals surface area contributed by atoms with Crippen LogP contribution in [0.15, 0.2) is 16.6 Å². The molecule has 0 bridgehead atoms. The van der Waals surface area contributed by atoms with Crippen molar-refractivity contribution in [2.24, 2.45) is 0 Å². The fourth-order valence-corrected chi connectivity index (χ4v) is 2.16. The average Bonchev–Trinajstić information content (AvgIpc) is 2.05. The largest absolute Gasteiger partial charge is 0.392 e. The summed E-state index contributed by atoms with van der Waals surface area (Å²) in [7, 11) is 0. The second-order valence-corrected chi connectivity index (χ2v) is 3.74. The van der Waals surface area contributed by atoms with E-state index in [0.717, 1.165) is 5.56 Å². The highest BCUT2D eigenvalue weighted by atomic mass is 79.9. The molecule has 0 amide bonds. The maximum absolute atomic E-state index is 13.0. The van der Waals surface area contributed by atoms with Gasteiger partial charge in [-0.1, -0.05) is 31.9 Å². The van der Waals surface area contributed by atoms with Gasteiger partial charge in [-0.2, -0.15) is 0 Å². The first-order chi connectivity index (χ1) is 5.69. The van der Waals surface area contributed by atoms with Crippen LogP contribution < -0.4 is 0 Å². The number of hydrogen-bond donors (Lipinski definition) is 1. The number of halogens is 3. The number of aliphatic hydroxyl groups is 1. The van der Waals surface area contributed by atoms with Crippen molar-refractivity contribution < 1.29 is 9.50 Å². The summed E-state index contributed by atoms with van der Waals surface area (Å²) in [5.41, 5.74) is 1.26. The van der Waals surface area contributed by atoms with Gasteiger partial charge in [0.2, 0.25) is 0 Å². The second kappa shape index (κ2) is 4.35. The maximum atomic E-state index is 13.0. The molecule has 0 unspecified atom stereocenters. The molecule has 66 valence electrons. The van der Waals surface area contributed by atoms with Gasteiger partial charge < -0.3 is 5.11 Å². The summed E-state index contributed by atoms with van der Waals surface area (Å²) in [6.45, 7) is -0.265. The molecule has 0 aliphatic carbocycles. The lowest BCUT2D eigenvalue weighted by Crippen LogP contribution is -1.92. The lowest BCUT2D eigenvalue weighted by molar-refractivity contribution is 0.275. The quantitative estimate of drug-likeness (QED) is 0.832. The summed E-state index contributed by atoms with van der Waals surface area (Å²) in [5.74, 6) is -0.380. The van der Waals surface area contributed by atoms with Crippen molar-refractivity contribution in [2.75, 3.05) is 0 Å². The van der Waals surface area contributed by atoms with Crippen molar-refractivity contribution in [1.82, 2.24) is 0 Å². The van der Waals surface area contributed by atoms with Gasteiger partial charge in [-0.15, -0.1) is 0 Å². The van der Waals surface area contributed by atoms with Crippen LogP contribution in [0.5, 0.6) is 0 Å². The first kappa shape index (κ1) is 10.2. The number of hydrogen-bond acceptors (Lipinski definition) is 1. The van der Waals surface area contributed by atoms with E-state index in [9.17, 15) is 4.39 Å². The Labute approximate surface area is 86.9 Å². The Kier molecular flexibility index (Phi) is 3.68. The van der Waals surface area contributed by atoms with E-state index in [1.54, 1.807) is 6.07 Å². The van der Waals surface area contributed by atoms with E-state index < -0.39 is 0 Å². The molecule has 0 heterocycles. The van der Waals surface area contributed by atoms with E-state index >= 15 is 0 Å². The summed E-state index contributed by atoms with van der Waals surface area (Å²) < 4.78 is 13.7. The molecule has 0 radical (unpaired) electrons. The van der Waals surface area contributed by atoms with E-state index in [0.29, 0.717) is 15.4 Å². The Hall–Kier alpha value is 0.0700. The summed E-state index contributed by atoms with van der Waals surface area (Å²) in [4.78, 5) is 0. The predicted molar refractivity (Wildman–Crippen MR) is 52.7 cm³/mol. The van der Waals surface area contributed by atoms with E-state index in [2.05, 4.69) is 31.9 Å². The van der Waals surface area contributed by atoms with Crippen LogP contribution >= 0.6 is 31.9 Å².